The maximum atomic E-state index is 5.46. The minimum atomic E-state index is 0.436. The molecule has 0 bridgehead atoms. The van der Waals surface area contributed by atoms with Gasteiger partial charge in [0.15, 0.2) is 0 Å². The second kappa shape index (κ2) is 10.8. The van der Waals surface area contributed by atoms with Gasteiger partial charge in [-0.25, -0.2) is 0 Å². The Hall–Kier alpha value is -0.900. The highest BCUT2D eigenvalue weighted by Gasteiger charge is 2.13. The molecule has 1 aromatic rings. The first-order valence-electron chi connectivity index (χ1n) is 7.60. The molecule has 0 aliphatic rings. The van der Waals surface area contributed by atoms with Crippen LogP contribution in [0.4, 0.5) is 0 Å². The van der Waals surface area contributed by atoms with Crippen LogP contribution in [-0.2, 0) is 9.47 Å². The smallest absolute Gasteiger partial charge is 0.0700 e. The van der Waals surface area contributed by atoms with Gasteiger partial charge in [-0.1, -0.05) is 44.2 Å². The highest BCUT2D eigenvalue weighted by atomic mass is 16.5. The first kappa shape index (κ1) is 17.2. The van der Waals surface area contributed by atoms with E-state index in [1.807, 2.05) is 0 Å². The third-order valence-electron chi connectivity index (χ3n) is 3.34. The van der Waals surface area contributed by atoms with Crippen LogP contribution in [0.3, 0.4) is 0 Å². The highest BCUT2D eigenvalue weighted by molar-refractivity contribution is 5.19. The topological polar surface area (TPSA) is 30.5 Å². The lowest BCUT2D eigenvalue weighted by atomic mass is 9.96. The van der Waals surface area contributed by atoms with Crippen LogP contribution in [0.2, 0.25) is 0 Å². The van der Waals surface area contributed by atoms with Crippen LogP contribution in [0.1, 0.15) is 38.3 Å². The van der Waals surface area contributed by atoms with Crippen molar-refractivity contribution >= 4 is 0 Å². The zero-order chi connectivity index (χ0) is 14.6. The molecular formula is C17H29NO2. The Labute approximate surface area is 123 Å². The molecule has 0 saturated carbocycles. The summed E-state index contributed by atoms with van der Waals surface area (Å²) in [6.07, 6.45) is 2.24. The van der Waals surface area contributed by atoms with Crippen LogP contribution in [0, 0.1) is 5.92 Å². The molecule has 1 rings (SSSR count). The first-order chi connectivity index (χ1) is 9.75. The summed E-state index contributed by atoms with van der Waals surface area (Å²) < 4.78 is 10.4. The van der Waals surface area contributed by atoms with E-state index in [-0.39, 0.29) is 0 Å². The predicted octanol–water partition coefficient (Wildman–Crippen LogP) is 3.42. The van der Waals surface area contributed by atoms with Crippen molar-refractivity contribution in [1.82, 2.24) is 5.32 Å². The molecule has 0 heterocycles. The Morgan fingerprint density at radius 2 is 1.75 bits per heavy atom. The summed E-state index contributed by atoms with van der Waals surface area (Å²) in [7, 11) is 1.70. The molecule has 1 atom stereocenters. The number of benzene rings is 1. The SMILES string of the molecule is COCCOCCCCNC(c1ccccc1)C(C)C. The van der Waals surface area contributed by atoms with Crippen LogP contribution in [-0.4, -0.2) is 33.5 Å². The van der Waals surface area contributed by atoms with Gasteiger partial charge in [-0.15, -0.1) is 0 Å². The molecule has 0 spiro atoms. The van der Waals surface area contributed by atoms with Gasteiger partial charge in [0.1, 0.15) is 0 Å². The fourth-order valence-electron chi connectivity index (χ4n) is 2.23. The fourth-order valence-corrected chi connectivity index (χ4v) is 2.23. The lowest BCUT2D eigenvalue weighted by Gasteiger charge is -2.23. The number of rotatable bonds is 11. The standard InChI is InChI=1S/C17H29NO2/c1-15(2)17(16-9-5-4-6-10-16)18-11-7-8-12-20-14-13-19-3/h4-6,9-10,15,17-18H,7-8,11-14H2,1-3H3. The zero-order valence-electron chi connectivity index (χ0n) is 13.1. The van der Waals surface area contributed by atoms with Crippen LogP contribution in [0.15, 0.2) is 30.3 Å². The number of hydrogen-bond acceptors (Lipinski definition) is 3. The van der Waals surface area contributed by atoms with E-state index < -0.39 is 0 Å². The number of ether oxygens (including phenoxy) is 2. The molecule has 0 saturated heterocycles. The van der Waals surface area contributed by atoms with Crippen molar-refractivity contribution in [2.75, 3.05) is 33.5 Å². The zero-order valence-corrected chi connectivity index (χ0v) is 13.1. The van der Waals surface area contributed by atoms with Gasteiger partial charge in [0, 0.05) is 19.8 Å². The summed E-state index contributed by atoms with van der Waals surface area (Å²) >= 11 is 0. The largest absolute Gasteiger partial charge is 0.382 e. The fraction of sp³-hybridized carbons (Fsp3) is 0.647. The van der Waals surface area contributed by atoms with E-state index in [1.165, 1.54) is 5.56 Å². The van der Waals surface area contributed by atoms with Crippen molar-refractivity contribution in [2.45, 2.75) is 32.7 Å². The molecular weight excluding hydrogens is 250 g/mol. The molecule has 3 heteroatoms. The average Bonchev–Trinajstić information content (AvgIpc) is 2.46. The Morgan fingerprint density at radius 1 is 1.00 bits per heavy atom. The molecule has 0 amide bonds. The van der Waals surface area contributed by atoms with Gasteiger partial charge >= 0.3 is 0 Å². The van der Waals surface area contributed by atoms with E-state index in [0.29, 0.717) is 25.2 Å². The first-order valence-corrected chi connectivity index (χ1v) is 7.60. The summed E-state index contributed by atoms with van der Waals surface area (Å²) in [4.78, 5) is 0. The molecule has 1 unspecified atom stereocenters. The molecule has 20 heavy (non-hydrogen) atoms. The number of unbranched alkanes of at least 4 members (excludes halogenated alkanes) is 1. The second-order valence-electron chi connectivity index (χ2n) is 5.40. The summed E-state index contributed by atoms with van der Waals surface area (Å²) in [5.74, 6) is 0.593. The highest BCUT2D eigenvalue weighted by Crippen LogP contribution is 2.21. The third kappa shape index (κ3) is 7.04. The van der Waals surface area contributed by atoms with E-state index in [4.69, 9.17) is 9.47 Å². The van der Waals surface area contributed by atoms with Crippen molar-refractivity contribution in [3.05, 3.63) is 35.9 Å². The van der Waals surface area contributed by atoms with Crippen molar-refractivity contribution in [2.24, 2.45) is 5.92 Å². The van der Waals surface area contributed by atoms with Gasteiger partial charge in [0.25, 0.3) is 0 Å². The van der Waals surface area contributed by atoms with Gasteiger partial charge in [-0.05, 0) is 30.9 Å². The Balaban J connectivity index is 2.18. The molecule has 0 radical (unpaired) electrons. The van der Waals surface area contributed by atoms with Gasteiger partial charge < -0.3 is 14.8 Å². The summed E-state index contributed by atoms with van der Waals surface area (Å²) in [5, 5.41) is 3.66. The molecule has 0 aromatic heterocycles. The van der Waals surface area contributed by atoms with Gasteiger partial charge in [0.2, 0.25) is 0 Å². The Bertz CT molecular complexity index is 327. The third-order valence-corrected chi connectivity index (χ3v) is 3.34. The predicted molar refractivity (Wildman–Crippen MR) is 84.0 cm³/mol. The quantitative estimate of drug-likeness (QED) is 0.630. The van der Waals surface area contributed by atoms with Crippen LogP contribution in [0.5, 0.6) is 0 Å². The van der Waals surface area contributed by atoms with E-state index in [2.05, 4.69) is 49.5 Å². The molecule has 0 aliphatic heterocycles. The maximum absolute atomic E-state index is 5.46. The molecule has 0 fully saturated rings. The van der Waals surface area contributed by atoms with Gasteiger partial charge in [-0.3, -0.25) is 0 Å². The van der Waals surface area contributed by atoms with Crippen LogP contribution < -0.4 is 5.32 Å². The molecule has 0 aliphatic carbocycles. The second-order valence-corrected chi connectivity index (χ2v) is 5.40. The van der Waals surface area contributed by atoms with E-state index >= 15 is 0 Å². The van der Waals surface area contributed by atoms with Crippen LogP contribution in [0.25, 0.3) is 0 Å². The summed E-state index contributed by atoms with van der Waals surface area (Å²) in [6, 6.07) is 11.1. The number of hydrogen-bond donors (Lipinski definition) is 1. The van der Waals surface area contributed by atoms with Crippen LogP contribution >= 0.6 is 0 Å². The molecule has 114 valence electrons. The normalized spacial score (nSPS) is 12.8. The maximum Gasteiger partial charge on any atom is 0.0700 e. The van der Waals surface area contributed by atoms with Gasteiger partial charge in [0.05, 0.1) is 13.2 Å². The minimum absolute atomic E-state index is 0.436. The minimum Gasteiger partial charge on any atom is -0.382 e. The molecule has 3 nitrogen and oxygen atoms in total. The Kier molecular flexibility index (Phi) is 9.29. The van der Waals surface area contributed by atoms with Crippen molar-refractivity contribution in [3.8, 4) is 0 Å². The summed E-state index contributed by atoms with van der Waals surface area (Å²) in [6.45, 7) is 7.76. The van der Waals surface area contributed by atoms with E-state index in [1.54, 1.807) is 7.11 Å². The van der Waals surface area contributed by atoms with Crippen molar-refractivity contribution in [3.63, 3.8) is 0 Å². The van der Waals surface area contributed by atoms with E-state index in [0.717, 1.165) is 26.0 Å². The lowest BCUT2D eigenvalue weighted by Crippen LogP contribution is -2.26. The van der Waals surface area contributed by atoms with E-state index in [9.17, 15) is 0 Å². The number of methoxy groups -OCH3 is 1. The summed E-state index contributed by atoms with van der Waals surface area (Å²) in [5.41, 5.74) is 1.37. The number of nitrogens with one attached hydrogen (secondary N) is 1. The average molecular weight is 279 g/mol. The monoisotopic (exact) mass is 279 g/mol. The Morgan fingerprint density at radius 3 is 2.40 bits per heavy atom. The van der Waals surface area contributed by atoms with Crippen molar-refractivity contribution in [1.29, 1.82) is 0 Å². The molecule has 1 aromatic carbocycles. The lowest BCUT2D eigenvalue weighted by molar-refractivity contribution is 0.0687. The molecule has 1 N–H and O–H groups in total. The van der Waals surface area contributed by atoms with Crippen molar-refractivity contribution < 1.29 is 9.47 Å². The van der Waals surface area contributed by atoms with Gasteiger partial charge in [-0.2, -0.15) is 0 Å².